The summed E-state index contributed by atoms with van der Waals surface area (Å²) in [5.74, 6) is -0.281. The van der Waals surface area contributed by atoms with Crippen LogP contribution in [0.1, 0.15) is 22.3 Å². The van der Waals surface area contributed by atoms with Crippen LogP contribution in [0.2, 0.25) is 0 Å². The smallest absolute Gasteiger partial charge is 0.247 e. The van der Waals surface area contributed by atoms with E-state index in [2.05, 4.69) is 25.9 Å². The summed E-state index contributed by atoms with van der Waals surface area (Å²) in [6, 6.07) is 11.6. The first-order chi connectivity index (χ1) is 14.4. The third-order valence-corrected chi connectivity index (χ3v) is 4.90. The minimum absolute atomic E-state index is 0.0919. The summed E-state index contributed by atoms with van der Waals surface area (Å²) in [6.45, 7) is 3.97. The monoisotopic (exact) mass is 403 g/mol. The van der Waals surface area contributed by atoms with Crippen LogP contribution in [0.3, 0.4) is 0 Å². The van der Waals surface area contributed by atoms with Crippen molar-refractivity contribution in [1.82, 2.24) is 15.3 Å². The first-order valence-electron chi connectivity index (χ1n) is 9.62. The second kappa shape index (κ2) is 7.94. The molecule has 30 heavy (non-hydrogen) atoms. The number of aromatic nitrogens is 2. The molecule has 0 unspecified atom stereocenters. The highest BCUT2D eigenvalue weighted by molar-refractivity contribution is 6.01. The van der Waals surface area contributed by atoms with Gasteiger partial charge in [-0.2, -0.15) is 4.98 Å². The van der Waals surface area contributed by atoms with Gasteiger partial charge < -0.3 is 16.0 Å². The molecule has 2 aromatic carbocycles. The molecule has 7 heteroatoms. The molecule has 1 heterocycles. The van der Waals surface area contributed by atoms with Gasteiger partial charge >= 0.3 is 0 Å². The van der Waals surface area contributed by atoms with Crippen molar-refractivity contribution >= 4 is 35.1 Å². The van der Waals surface area contributed by atoms with Crippen molar-refractivity contribution in [3.05, 3.63) is 76.2 Å². The zero-order valence-corrected chi connectivity index (χ0v) is 17.0. The largest absolute Gasteiger partial charge is 0.355 e. The van der Waals surface area contributed by atoms with Crippen molar-refractivity contribution in [2.45, 2.75) is 20.3 Å². The predicted octanol–water partition coefficient (Wildman–Crippen LogP) is 4.41. The number of anilines is 4. The summed E-state index contributed by atoms with van der Waals surface area (Å²) >= 11 is 0. The second-order valence-electron chi connectivity index (χ2n) is 7.32. The molecule has 152 valence electrons. The number of hydrogen-bond acceptors (Lipinski definition) is 5. The first kappa shape index (κ1) is 19.6. The van der Waals surface area contributed by atoms with Crippen LogP contribution < -0.4 is 16.0 Å². The standard InChI is InChI=1S/C23H22FN5O/c1-13-7-14(2)9-17(8-13)27-21-19(24)12-26-23(29-21)28-20-6-4-5-15-10-16(11-18(15)20)22(30)25-3/h4-10,12H,11H2,1-3H3,(H,25,30)(H2,26,27,28,29). The van der Waals surface area contributed by atoms with E-state index in [4.69, 9.17) is 0 Å². The Kier molecular flexibility index (Phi) is 5.18. The summed E-state index contributed by atoms with van der Waals surface area (Å²) in [4.78, 5) is 20.4. The highest BCUT2D eigenvalue weighted by atomic mass is 19.1. The van der Waals surface area contributed by atoms with E-state index in [1.54, 1.807) is 7.05 Å². The summed E-state index contributed by atoms with van der Waals surface area (Å²) in [7, 11) is 1.61. The number of fused-ring (bicyclic) bond motifs is 1. The van der Waals surface area contributed by atoms with E-state index in [0.717, 1.165) is 39.8 Å². The number of aryl methyl sites for hydroxylation is 2. The number of nitrogens with one attached hydrogen (secondary N) is 3. The number of rotatable bonds is 5. The molecule has 1 amide bonds. The molecule has 0 aliphatic heterocycles. The highest BCUT2D eigenvalue weighted by Gasteiger charge is 2.21. The maximum Gasteiger partial charge on any atom is 0.247 e. The summed E-state index contributed by atoms with van der Waals surface area (Å²) in [6.07, 6.45) is 3.52. The number of halogens is 1. The van der Waals surface area contributed by atoms with Crippen LogP contribution in [0, 0.1) is 19.7 Å². The van der Waals surface area contributed by atoms with Crippen LogP contribution in [0.5, 0.6) is 0 Å². The number of hydrogen-bond donors (Lipinski definition) is 3. The molecule has 3 aromatic rings. The minimum Gasteiger partial charge on any atom is -0.355 e. The number of carbonyl (C=O) groups excluding carboxylic acids is 1. The third-order valence-electron chi connectivity index (χ3n) is 4.90. The lowest BCUT2D eigenvalue weighted by molar-refractivity contribution is -0.117. The molecule has 1 aliphatic rings. The molecule has 0 atom stereocenters. The lowest BCUT2D eigenvalue weighted by Crippen LogP contribution is -2.19. The van der Waals surface area contributed by atoms with E-state index >= 15 is 0 Å². The zero-order chi connectivity index (χ0) is 21.3. The van der Waals surface area contributed by atoms with Gasteiger partial charge in [0, 0.05) is 30.4 Å². The molecule has 4 rings (SSSR count). The quantitative estimate of drug-likeness (QED) is 0.588. The van der Waals surface area contributed by atoms with Crippen molar-refractivity contribution < 1.29 is 9.18 Å². The van der Waals surface area contributed by atoms with Gasteiger partial charge in [-0.15, -0.1) is 0 Å². The molecule has 1 aromatic heterocycles. The molecule has 0 fully saturated rings. The normalized spacial score (nSPS) is 12.2. The van der Waals surface area contributed by atoms with Gasteiger partial charge in [0.25, 0.3) is 0 Å². The average molecular weight is 403 g/mol. The maximum atomic E-state index is 14.3. The first-order valence-corrected chi connectivity index (χ1v) is 9.62. The van der Waals surface area contributed by atoms with E-state index in [9.17, 15) is 9.18 Å². The van der Waals surface area contributed by atoms with Crippen LogP contribution >= 0.6 is 0 Å². The van der Waals surface area contributed by atoms with Crippen molar-refractivity contribution in [1.29, 1.82) is 0 Å². The molecular formula is C23H22FN5O. The summed E-state index contributed by atoms with van der Waals surface area (Å²) < 4.78 is 14.3. The van der Waals surface area contributed by atoms with Gasteiger partial charge in [0.05, 0.1) is 6.20 Å². The molecule has 1 aliphatic carbocycles. The topological polar surface area (TPSA) is 78.9 Å². The molecule has 0 saturated carbocycles. The Bertz CT molecular complexity index is 1150. The van der Waals surface area contributed by atoms with Crippen molar-refractivity contribution in [2.75, 3.05) is 17.7 Å². The average Bonchev–Trinajstić information content (AvgIpc) is 3.14. The van der Waals surface area contributed by atoms with E-state index in [1.165, 1.54) is 0 Å². The predicted molar refractivity (Wildman–Crippen MR) is 117 cm³/mol. The second-order valence-corrected chi connectivity index (χ2v) is 7.32. The Morgan fingerprint density at radius 3 is 2.60 bits per heavy atom. The van der Waals surface area contributed by atoms with Crippen molar-refractivity contribution in [3.63, 3.8) is 0 Å². The number of amides is 1. The van der Waals surface area contributed by atoms with E-state index in [0.29, 0.717) is 12.0 Å². The van der Waals surface area contributed by atoms with Crippen LogP contribution in [0.4, 0.5) is 27.5 Å². The third kappa shape index (κ3) is 4.00. The van der Waals surface area contributed by atoms with Crippen molar-refractivity contribution in [3.8, 4) is 0 Å². The number of likely N-dealkylation sites (N-methyl/N-ethyl adjacent to an activating group) is 1. The molecule has 0 radical (unpaired) electrons. The van der Waals surface area contributed by atoms with Gasteiger partial charge in [0.1, 0.15) is 0 Å². The van der Waals surface area contributed by atoms with E-state index in [-0.39, 0.29) is 17.7 Å². The van der Waals surface area contributed by atoms with Crippen LogP contribution in [-0.2, 0) is 11.2 Å². The number of benzene rings is 2. The number of nitrogens with zero attached hydrogens (tertiary/aromatic N) is 2. The van der Waals surface area contributed by atoms with Gasteiger partial charge in [-0.3, -0.25) is 4.79 Å². The Balaban J connectivity index is 1.59. The highest BCUT2D eigenvalue weighted by Crippen LogP contribution is 2.32. The van der Waals surface area contributed by atoms with E-state index < -0.39 is 5.82 Å². The Morgan fingerprint density at radius 1 is 1.10 bits per heavy atom. The fraction of sp³-hybridized carbons (Fsp3) is 0.174. The Labute approximate surface area is 174 Å². The molecular weight excluding hydrogens is 381 g/mol. The Morgan fingerprint density at radius 2 is 1.87 bits per heavy atom. The van der Waals surface area contributed by atoms with Crippen LogP contribution in [-0.4, -0.2) is 22.9 Å². The van der Waals surface area contributed by atoms with E-state index in [1.807, 2.05) is 56.3 Å². The Hall–Kier alpha value is -3.74. The number of carbonyl (C=O) groups is 1. The van der Waals surface area contributed by atoms with Gasteiger partial charge in [-0.05, 0) is 60.4 Å². The molecule has 6 nitrogen and oxygen atoms in total. The SMILES string of the molecule is CNC(=O)C1=Cc2cccc(Nc3ncc(F)c(Nc4cc(C)cc(C)c4)n3)c2C1. The van der Waals surface area contributed by atoms with Gasteiger partial charge in [0.15, 0.2) is 11.6 Å². The van der Waals surface area contributed by atoms with Crippen LogP contribution in [0.15, 0.2) is 48.2 Å². The lowest BCUT2D eigenvalue weighted by Gasteiger charge is -2.13. The summed E-state index contributed by atoms with van der Waals surface area (Å²) in [5, 5.41) is 8.85. The minimum atomic E-state index is -0.540. The van der Waals surface area contributed by atoms with Crippen molar-refractivity contribution in [2.24, 2.45) is 0 Å². The molecule has 0 saturated heterocycles. The lowest BCUT2D eigenvalue weighted by atomic mass is 10.1. The molecule has 3 N–H and O–H groups in total. The van der Waals surface area contributed by atoms with Gasteiger partial charge in [0.2, 0.25) is 11.9 Å². The molecule has 0 bridgehead atoms. The van der Waals surface area contributed by atoms with Crippen LogP contribution in [0.25, 0.3) is 6.08 Å². The fourth-order valence-electron chi connectivity index (χ4n) is 3.61. The summed E-state index contributed by atoms with van der Waals surface area (Å²) in [5.41, 5.74) is 6.33. The maximum absolute atomic E-state index is 14.3. The fourth-order valence-corrected chi connectivity index (χ4v) is 3.61. The zero-order valence-electron chi connectivity index (χ0n) is 17.0. The van der Waals surface area contributed by atoms with Gasteiger partial charge in [-0.1, -0.05) is 18.2 Å². The van der Waals surface area contributed by atoms with Gasteiger partial charge in [-0.25, -0.2) is 9.37 Å². The molecule has 0 spiro atoms.